The fraction of sp³-hybridized carbons (Fsp3) is 0.727. The third-order valence-electron chi connectivity index (χ3n) is 2.77. The van der Waals surface area contributed by atoms with Crippen molar-refractivity contribution in [3.63, 3.8) is 0 Å². The van der Waals surface area contributed by atoms with Gasteiger partial charge in [0.1, 0.15) is 5.82 Å². The molecule has 2 N–H and O–H groups in total. The van der Waals surface area contributed by atoms with Crippen LogP contribution < -0.4 is 5.32 Å². The summed E-state index contributed by atoms with van der Waals surface area (Å²) in [6.07, 6.45) is 5.82. The lowest BCUT2D eigenvalue weighted by atomic mass is 9.89. The van der Waals surface area contributed by atoms with Crippen molar-refractivity contribution in [3.8, 4) is 0 Å². The third-order valence-corrected chi connectivity index (χ3v) is 2.77. The second-order valence-corrected chi connectivity index (χ2v) is 4.62. The van der Waals surface area contributed by atoms with E-state index in [1.807, 2.05) is 6.20 Å². The average Bonchev–Trinajstić information content (AvgIpc) is 2.67. The summed E-state index contributed by atoms with van der Waals surface area (Å²) >= 11 is 0. The molecule has 1 aliphatic rings. The first-order valence-electron chi connectivity index (χ1n) is 5.55. The molecular formula is C11H19N3O. The fourth-order valence-electron chi connectivity index (χ4n) is 1.76. The van der Waals surface area contributed by atoms with Gasteiger partial charge in [0, 0.05) is 30.8 Å². The van der Waals surface area contributed by atoms with Gasteiger partial charge in [-0.15, -0.1) is 0 Å². The smallest absolute Gasteiger partial charge is 0.106 e. The van der Waals surface area contributed by atoms with Gasteiger partial charge in [0.25, 0.3) is 0 Å². The number of aromatic amines is 1. The summed E-state index contributed by atoms with van der Waals surface area (Å²) in [6.45, 7) is 6.17. The molecule has 2 heterocycles. The molecule has 4 nitrogen and oxygen atoms in total. The van der Waals surface area contributed by atoms with E-state index in [2.05, 4.69) is 22.2 Å². The molecule has 1 saturated heterocycles. The van der Waals surface area contributed by atoms with Gasteiger partial charge in [-0.05, 0) is 13.0 Å². The van der Waals surface area contributed by atoms with Crippen LogP contribution in [0.1, 0.15) is 19.2 Å². The minimum absolute atomic E-state index is 0.380. The number of rotatable bonds is 6. The summed E-state index contributed by atoms with van der Waals surface area (Å²) in [5.41, 5.74) is 0.380. The van der Waals surface area contributed by atoms with E-state index in [9.17, 15) is 0 Å². The number of hydrogen-bond donors (Lipinski definition) is 2. The Bertz CT molecular complexity index is 280. The maximum Gasteiger partial charge on any atom is 0.106 e. The summed E-state index contributed by atoms with van der Waals surface area (Å²) in [5.74, 6) is 1.08. The van der Waals surface area contributed by atoms with Crippen LogP contribution in [0, 0.1) is 5.41 Å². The first kappa shape index (κ1) is 10.6. The van der Waals surface area contributed by atoms with Gasteiger partial charge in [-0.1, -0.05) is 6.92 Å². The molecule has 0 spiro atoms. The van der Waals surface area contributed by atoms with Gasteiger partial charge >= 0.3 is 0 Å². The first-order chi connectivity index (χ1) is 7.29. The largest absolute Gasteiger partial charge is 0.380 e. The Labute approximate surface area is 90.4 Å². The van der Waals surface area contributed by atoms with Crippen LogP contribution in [-0.2, 0) is 11.2 Å². The Hall–Kier alpha value is -0.870. The molecule has 0 saturated carbocycles. The molecule has 0 aliphatic carbocycles. The maximum absolute atomic E-state index is 5.20. The molecule has 0 amide bonds. The van der Waals surface area contributed by atoms with E-state index in [0.717, 1.165) is 45.0 Å². The highest BCUT2D eigenvalue weighted by Crippen LogP contribution is 2.24. The average molecular weight is 209 g/mol. The highest BCUT2D eigenvalue weighted by Gasteiger charge is 2.32. The number of nitrogens with one attached hydrogen (secondary N) is 2. The second kappa shape index (κ2) is 4.77. The second-order valence-electron chi connectivity index (χ2n) is 4.62. The lowest BCUT2D eigenvalue weighted by Crippen LogP contribution is -2.47. The van der Waals surface area contributed by atoms with Crippen LogP contribution in [0.5, 0.6) is 0 Å². The predicted molar refractivity (Wildman–Crippen MR) is 58.7 cm³/mol. The van der Waals surface area contributed by atoms with Crippen molar-refractivity contribution in [2.45, 2.75) is 19.8 Å². The van der Waals surface area contributed by atoms with Crippen molar-refractivity contribution < 1.29 is 4.74 Å². The topological polar surface area (TPSA) is 49.9 Å². The molecule has 0 aromatic carbocycles. The van der Waals surface area contributed by atoms with Crippen molar-refractivity contribution in [1.82, 2.24) is 15.3 Å². The zero-order chi connectivity index (χ0) is 10.6. The normalized spacial score (nSPS) is 18.7. The lowest BCUT2D eigenvalue weighted by molar-refractivity contribution is -0.0989. The standard InChI is InChI=1S/C11H19N3O/c1-11(8-15-9-11)7-12-4-2-3-10-13-5-6-14-10/h5-6,12H,2-4,7-9H2,1H3,(H,13,14). The summed E-state index contributed by atoms with van der Waals surface area (Å²) in [4.78, 5) is 7.29. The lowest BCUT2D eigenvalue weighted by Gasteiger charge is -2.38. The number of imidazole rings is 1. The van der Waals surface area contributed by atoms with Gasteiger partial charge < -0.3 is 15.0 Å². The van der Waals surface area contributed by atoms with Crippen molar-refractivity contribution in [1.29, 1.82) is 0 Å². The minimum atomic E-state index is 0.380. The number of hydrogen-bond acceptors (Lipinski definition) is 3. The van der Waals surface area contributed by atoms with Crippen molar-refractivity contribution in [2.24, 2.45) is 5.41 Å². The zero-order valence-electron chi connectivity index (χ0n) is 9.25. The van der Waals surface area contributed by atoms with Crippen LogP contribution >= 0.6 is 0 Å². The number of aryl methyl sites for hydroxylation is 1. The Morgan fingerprint density at radius 1 is 1.60 bits per heavy atom. The molecule has 2 rings (SSSR count). The molecule has 0 bridgehead atoms. The molecule has 15 heavy (non-hydrogen) atoms. The van der Waals surface area contributed by atoms with E-state index >= 15 is 0 Å². The van der Waals surface area contributed by atoms with Crippen LogP contribution in [0.25, 0.3) is 0 Å². The molecule has 1 aromatic heterocycles. The molecule has 4 heteroatoms. The summed E-state index contributed by atoms with van der Waals surface area (Å²) in [5, 5.41) is 3.47. The van der Waals surface area contributed by atoms with E-state index in [4.69, 9.17) is 4.74 Å². The van der Waals surface area contributed by atoms with E-state index in [0.29, 0.717) is 5.41 Å². The van der Waals surface area contributed by atoms with Gasteiger partial charge in [-0.25, -0.2) is 4.98 Å². The van der Waals surface area contributed by atoms with Crippen molar-refractivity contribution in [2.75, 3.05) is 26.3 Å². The Morgan fingerprint density at radius 2 is 2.47 bits per heavy atom. The Kier molecular flexibility index (Phi) is 3.38. The van der Waals surface area contributed by atoms with Crippen LogP contribution in [-0.4, -0.2) is 36.3 Å². The molecule has 1 fully saturated rings. The van der Waals surface area contributed by atoms with Gasteiger partial charge in [0.05, 0.1) is 13.2 Å². The van der Waals surface area contributed by atoms with E-state index in [-0.39, 0.29) is 0 Å². The van der Waals surface area contributed by atoms with Gasteiger partial charge in [-0.3, -0.25) is 0 Å². The molecule has 0 atom stereocenters. The summed E-state index contributed by atoms with van der Waals surface area (Å²) in [7, 11) is 0. The number of aromatic nitrogens is 2. The van der Waals surface area contributed by atoms with Crippen LogP contribution in [0.3, 0.4) is 0 Å². The molecule has 84 valence electrons. The highest BCUT2D eigenvalue weighted by atomic mass is 16.5. The molecule has 0 unspecified atom stereocenters. The predicted octanol–water partition coefficient (Wildman–Crippen LogP) is 0.968. The monoisotopic (exact) mass is 209 g/mol. The fourth-order valence-corrected chi connectivity index (χ4v) is 1.76. The minimum Gasteiger partial charge on any atom is -0.380 e. The van der Waals surface area contributed by atoms with Crippen molar-refractivity contribution in [3.05, 3.63) is 18.2 Å². The molecular weight excluding hydrogens is 190 g/mol. The Morgan fingerprint density at radius 3 is 3.07 bits per heavy atom. The molecule has 1 aliphatic heterocycles. The molecule has 0 radical (unpaired) electrons. The molecule has 1 aromatic rings. The van der Waals surface area contributed by atoms with E-state index < -0.39 is 0 Å². The van der Waals surface area contributed by atoms with Crippen LogP contribution in [0.4, 0.5) is 0 Å². The van der Waals surface area contributed by atoms with Gasteiger partial charge in [0.2, 0.25) is 0 Å². The summed E-state index contributed by atoms with van der Waals surface area (Å²) < 4.78 is 5.20. The number of nitrogens with zero attached hydrogens (tertiary/aromatic N) is 1. The first-order valence-corrected chi connectivity index (χ1v) is 5.55. The van der Waals surface area contributed by atoms with E-state index in [1.165, 1.54) is 0 Å². The maximum atomic E-state index is 5.20. The van der Waals surface area contributed by atoms with Crippen LogP contribution in [0.2, 0.25) is 0 Å². The van der Waals surface area contributed by atoms with Crippen molar-refractivity contribution >= 4 is 0 Å². The van der Waals surface area contributed by atoms with E-state index in [1.54, 1.807) is 6.20 Å². The quantitative estimate of drug-likeness (QED) is 0.686. The summed E-state index contributed by atoms with van der Waals surface area (Å²) in [6, 6.07) is 0. The number of ether oxygens (including phenoxy) is 1. The third kappa shape index (κ3) is 3.04. The van der Waals surface area contributed by atoms with Gasteiger partial charge in [-0.2, -0.15) is 0 Å². The zero-order valence-corrected chi connectivity index (χ0v) is 9.25. The van der Waals surface area contributed by atoms with Gasteiger partial charge in [0.15, 0.2) is 0 Å². The number of H-pyrrole nitrogens is 1. The van der Waals surface area contributed by atoms with Crippen LogP contribution in [0.15, 0.2) is 12.4 Å². The SMILES string of the molecule is CC1(CNCCCc2ncc[nH]2)COC1. The highest BCUT2D eigenvalue weighted by molar-refractivity contribution is 4.87. The Balaban J connectivity index is 1.52.